The molecule has 0 bridgehead atoms. The highest BCUT2D eigenvalue weighted by Gasteiger charge is 2.74. The third-order valence-electron chi connectivity index (χ3n) is 4.30. The Bertz CT molecular complexity index is 341. The van der Waals surface area contributed by atoms with Crippen LogP contribution in [0, 0.1) is 0 Å². The van der Waals surface area contributed by atoms with Crippen molar-refractivity contribution in [1.29, 1.82) is 0 Å². The quantitative estimate of drug-likeness (QED) is 0.394. The van der Waals surface area contributed by atoms with E-state index in [2.05, 4.69) is 0 Å². The molecule has 0 aliphatic heterocycles. The second kappa shape index (κ2) is 8.53. The van der Waals surface area contributed by atoms with E-state index in [0.717, 1.165) is 56.5 Å². The van der Waals surface area contributed by atoms with Gasteiger partial charge >= 0.3 is 29.5 Å². The van der Waals surface area contributed by atoms with Crippen LogP contribution in [-0.2, 0) is 26.6 Å². The molecular weight excluding hydrogens is 372 g/mol. The summed E-state index contributed by atoms with van der Waals surface area (Å²) in [6.07, 6.45) is 0. The van der Waals surface area contributed by atoms with Crippen LogP contribution in [0.15, 0.2) is 0 Å². The Morgan fingerprint density at radius 3 is 0.833 bits per heavy atom. The highest BCUT2D eigenvalue weighted by molar-refractivity contribution is 6.63. The molecule has 0 fully saturated rings. The van der Waals surface area contributed by atoms with E-state index in [1.54, 1.807) is 0 Å². The average Bonchev–Trinajstić information content (AvgIpc) is 2.58. The predicted octanol–water partition coefficient (Wildman–Crippen LogP) is 2.79. The minimum Gasteiger partial charge on any atom is -0.377 e. The molecule has 0 rings (SSSR count). The third-order valence-corrected chi connectivity index (χ3v) is 10.6. The molecule has 146 valence electrons. The van der Waals surface area contributed by atoms with Crippen LogP contribution in [0.3, 0.4) is 0 Å². The van der Waals surface area contributed by atoms with E-state index in [-0.39, 0.29) is 0 Å². The molecule has 6 nitrogen and oxygen atoms in total. The molecule has 0 N–H and O–H groups in total. The summed E-state index contributed by atoms with van der Waals surface area (Å²) in [4.78, 5) is 0. The molecule has 12 heteroatoms. The number of halogens is 4. The topological polar surface area (TPSA) is 55.4 Å². The second-order valence-corrected chi connectivity index (χ2v) is 11.7. The molecule has 0 saturated carbocycles. The largest absolute Gasteiger partial charge is 0.509 e. The van der Waals surface area contributed by atoms with Gasteiger partial charge in [0.2, 0.25) is 0 Å². The summed E-state index contributed by atoms with van der Waals surface area (Å²) in [5.41, 5.74) is -4.06. The lowest BCUT2D eigenvalue weighted by atomic mass is 10.1. The second-order valence-electron chi connectivity index (χ2n) is 5.12. The first-order valence-electron chi connectivity index (χ1n) is 6.99. The van der Waals surface area contributed by atoms with Gasteiger partial charge in [-0.3, -0.25) is 0 Å². The molecule has 0 radical (unpaired) electrons. The van der Waals surface area contributed by atoms with Crippen molar-refractivity contribution in [2.75, 3.05) is 42.7 Å². The van der Waals surface area contributed by atoms with Crippen LogP contribution >= 0.6 is 0 Å². The van der Waals surface area contributed by atoms with Gasteiger partial charge in [-0.25, -0.2) is 0 Å². The van der Waals surface area contributed by atoms with Gasteiger partial charge in [0, 0.05) is 42.7 Å². The molecular formula is C12H26F4O6Si2. The zero-order valence-corrected chi connectivity index (χ0v) is 17.1. The smallest absolute Gasteiger partial charge is 0.377 e. The van der Waals surface area contributed by atoms with Crippen molar-refractivity contribution < 1.29 is 44.1 Å². The number of hydrogen-bond donors (Lipinski definition) is 0. The Hall–Kier alpha value is -0.0862. The van der Waals surface area contributed by atoms with Crippen LogP contribution < -0.4 is 0 Å². The van der Waals surface area contributed by atoms with E-state index in [9.17, 15) is 17.6 Å². The molecule has 0 saturated heterocycles. The Kier molecular flexibility index (Phi) is 8.50. The van der Waals surface area contributed by atoms with Crippen LogP contribution in [0.2, 0.25) is 11.1 Å². The molecule has 0 amide bonds. The lowest BCUT2D eigenvalue weighted by Crippen LogP contribution is -2.63. The van der Waals surface area contributed by atoms with E-state index in [1.165, 1.54) is 0 Å². The van der Waals surface area contributed by atoms with Crippen molar-refractivity contribution in [3.63, 3.8) is 0 Å². The minimum absolute atomic E-state index is 0.902. The zero-order valence-electron chi connectivity index (χ0n) is 15.1. The highest BCUT2D eigenvalue weighted by Crippen LogP contribution is 2.55. The predicted molar refractivity (Wildman–Crippen MR) is 82.3 cm³/mol. The SMILES string of the molecule is CO[Si](OC)(OC)C(C)C(F)(F)C(F)(F)C(C)[Si](OC)(OC)OC. The lowest BCUT2D eigenvalue weighted by Gasteiger charge is -2.42. The van der Waals surface area contributed by atoms with Gasteiger partial charge in [-0.15, -0.1) is 0 Å². The first-order chi connectivity index (χ1) is 10.9. The third kappa shape index (κ3) is 3.70. The molecule has 0 aromatic heterocycles. The molecule has 2 atom stereocenters. The highest BCUT2D eigenvalue weighted by atomic mass is 28.4. The van der Waals surface area contributed by atoms with Crippen LogP contribution in [-0.4, -0.2) is 72.1 Å². The Morgan fingerprint density at radius 2 is 0.708 bits per heavy atom. The summed E-state index contributed by atoms with van der Waals surface area (Å²) in [5, 5.41) is 0. The summed E-state index contributed by atoms with van der Waals surface area (Å²) in [6.45, 7) is 1.80. The van der Waals surface area contributed by atoms with Gasteiger partial charge in [-0.05, 0) is 0 Å². The summed E-state index contributed by atoms with van der Waals surface area (Å²) in [5.74, 6) is -9.07. The fraction of sp³-hybridized carbons (Fsp3) is 1.00. The van der Waals surface area contributed by atoms with Crippen molar-refractivity contribution in [3.05, 3.63) is 0 Å². The van der Waals surface area contributed by atoms with Gasteiger partial charge in [0.25, 0.3) is 0 Å². The van der Waals surface area contributed by atoms with E-state index < -0.39 is 40.5 Å². The first kappa shape index (κ1) is 23.9. The molecule has 0 heterocycles. The van der Waals surface area contributed by atoms with Crippen LogP contribution in [0.1, 0.15) is 13.8 Å². The van der Waals surface area contributed by atoms with Crippen molar-refractivity contribution in [2.45, 2.75) is 36.8 Å². The number of alkyl halides is 4. The van der Waals surface area contributed by atoms with Crippen LogP contribution in [0.4, 0.5) is 17.6 Å². The Labute approximate surface area is 142 Å². The zero-order chi connectivity index (χ0) is 19.4. The van der Waals surface area contributed by atoms with Gasteiger partial charge in [-0.1, -0.05) is 13.8 Å². The summed E-state index contributed by atoms with van der Waals surface area (Å²) < 4.78 is 88.5. The van der Waals surface area contributed by atoms with Gasteiger partial charge in [0.1, 0.15) is 0 Å². The Morgan fingerprint density at radius 1 is 0.542 bits per heavy atom. The fourth-order valence-electron chi connectivity index (χ4n) is 2.58. The average molecular weight is 398 g/mol. The normalized spacial score (nSPS) is 17.0. The molecule has 0 aromatic carbocycles. The van der Waals surface area contributed by atoms with Crippen molar-refractivity contribution in [3.8, 4) is 0 Å². The maximum absolute atomic E-state index is 14.7. The minimum atomic E-state index is -4.53. The Balaban J connectivity index is 5.97. The maximum atomic E-state index is 14.7. The summed E-state index contributed by atoms with van der Waals surface area (Å²) in [7, 11) is -1.63. The fourth-order valence-corrected chi connectivity index (χ4v) is 6.98. The van der Waals surface area contributed by atoms with Gasteiger partial charge in [0.15, 0.2) is 0 Å². The standard InChI is InChI=1S/C12H26F4O6Si2/c1-9(23(17-3,18-4)19-5)11(13,14)12(15,16)10(2)24(20-6,21-7)22-8/h9-10H,1-8H3. The van der Waals surface area contributed by atoms with Crippen LogP contribution in [0.25, 0.3) is 0 Å². The maximum Gasteiger partial charge on any atom is 0.509 e. The summed E-state index contributed by atoms with van der Waals surface area (Å²) >= 11 is 0. The molecule has 24 heavy (non-hydrogen) atoms. The molecule has 0 spiro atoms. The van der Waals surface area contributed by atoms with E-state index in [4.69, 9.17) is 26.6 Å². The van der Waals surface area contributed by atoms with E-state index in [1.807, 2.05) is 0 Å². The van der Waals surface area contributed by atoms with Gasteiger partial charge in [0.05, 0.1) is 11.1 Å². The van der Waals surface area contributed by atoms with Crippen molar-refractivity contribution in [2.24, 2.45) is 0 Å². The molecule has 2 unspecified atom stereocenters. The van der Waals surface area contributed by atoms with E-state index in [0.29, 0.717) is 0 Å². The monoisotopic (exact) mass is 398 g/mol. The molecule has 0 aliphatic carbocycles. The number of rotatable bonds is 11. The van der Waals surface area contributed by atoms with Crippen molar-refractivity contribution >= 4 is 17.6 Å². The summed E-state index contributed by atoms with van der Waals surface area (Å²) in [6, 6.07) is 0. The molecule has 0 aliphatic rings. The molecule has 0 aromatic rings. The van der Waals surface area contributed by atoms with Gasteiger partial charge in [-0.2, -0.15) is 17.6 Å². The van der Waals surface area contributed by atoms with Crippen molar-refractivity contribution in [1.82, 2.24) is 0 Å². The van der Waals surface area contributed by atoms with Crippen LogP contribution in [0.5, 0.6) is 0 Å². The first-order valence-corrected chi connectivity index (χ1v) is 10.6. The van der Waals surface area contributed by atoms with Gasteiger partial charge < -0.3 is 26.6 Å². The van der Waals surface area contributed by atoms with E-state index >= 15 is 0 Å². The lowest BCUT2D eigenvalue weighted by molar-refractivity contribution is -0.223. The number of hydrogen-bond acceptors (Lipinski definition) is 6.